The molecule has 0 aromatic carbocycles. The standard InChI is InChI=1S/C15H28N2O/c1-14(2,3)13(18)16-9-12-8-7-11(16)10-17(12)15(4,5)6/h11-12H,7-10H2,1-6H3. The number of carbonyl (C=O) groups is 1. The molecule has 0 radical (unpaired) electrons. The smallest absolute Gasteiger partial charge is 0.228 e. The maximum Gasteiger partial charge on any atom is 0.228 e. The average Bonchev–Trinajstić information content (AvgIpc) is 2.26. The number of hydrogen-bond donors (Lipinski definition) is 0. The van der Waals surface area contributed by atoms with E-state index in [0.29, 0.717) is 18.0 Å². The minimum absolute atomic E-state index is 0.222. The fourth-order valence-corrected chi connectivity index (χ4v) is 3.33. The van der Waals surface area contributed by atoms with E-state index in [1.807, 2.05) is 20.8 Å². The summed E-state index contributed by atoms with van der Waals surface area (Å²) in [7, 11) is 0. The first kappa shape index (κ1) is 13.9. The van der Waals surface area contributed by atoms with Crippen molar-refractivity contribution in [2.45, 2.75) is 72.0 Å². The molecule has 3 aliphatic rings. The molecule has 3 fully saturated rings. The topological polar surface area (TPSA) is 23.6 Å². The maximum absolute atomic E-state index is 12.5. The first-order valence-corrected chi connectivity index (χ1v) is 7.18. The van der Waals surface area contributed by atoms with Gasteiger partial charge in [-0.25, -0.2) is 0 Å². The van der Waals surface area contributed by atoms with Crippen molar-refractivity contribution in [1.29, 1.82) is 0 Å². The van der Waals surface area contributed by atoms with Gasteiger partial charge in [0, 0.05) is 36.1 Å². The number of nitrogens with zero attached hydrogens (tertiary/aromatic N) is 2. The third kappa shape index (κ3) is 2.42. The zero-order valence-corrected chi connectivity index (χ0v) is 12.8. The van der Waals surface area contributed by atoms with Crippen LogP contribution in [0.25, 0.3) is 0 Å². The van der Waals surface area contributed by atoms with Crippen LogP contribution < -0.4 is 0 Å². The van der Waals surface area contributed by atoms with E-state index in [2.05, 4.69) is 30.6 Å². The van der Waals surface area contributed by atoms with Gasteiger partial charge in [0.25, 0.3) is 0 Å². The number of carbonyl (C=O) groups excluding carboxylic acids is 1. The van der Waals surface area contributed by atoms with Gasteiger partial charge in [0.15, 0.2) is 0 Å². The second kappa shape index (κ2) is 4.22. The Hall–Kier alpha value is -0.570. The SMILES string of the molecule is CC(C)(C)C(=O)N1CC2CCC1CN2C(C)(C)C. The average molecular weight is 252 g/mol. The molecule has 0 aromatic rings. The Kier molecular flexibility index (Phi) is 3.25. The van der Waals surface area contributed by atoms with Gasteiger partial charge in [-0.2, -0.15) is 0 Å². The highest BCUT2D eigenvalue weighted by atomic mass is 16.2. The summed E-state index contributed by atoms with van der Waals surface area (Å²) in [6.07, 6.45) is 2.43. The number of rotatable bonds is 0. The molecule has 3 heteroatoms. The molecule has 2 bridgehead atoms. The monoisotopic (exact) mass is 252 g/mol. The van der Waals surface area contributed by atoms with Crippen molar-refractivity contribution in [2.75, 3.05) is 13.1 Å². The van der Waals surface area contributed by atoms with Crippen molar-refractivity contribution in [1.82, 2.24) is 9.80 Å². The van der Waals surface area contributed by atoms with E-state index >= 15 is 0 Å². The van der Waals surface area contributed by atoms with Crippen molar-refractivity contribution >= 4 is 5.91 Å². The van der Waals surface area contributed by atoms with Gasteiger partial charge < -0.3 is 4.90 Å². The summed E-state index contributed by atoms with van der Waals surface area (Å²) in [6, 6.07) is 0.988. The number of fused-ring (bicyclic) bond motifs is 3. The molecule has 104 valence electrons. The minimum Gasteiger partial charge on any atom is -0.336 e. The van der Waals surface area contributed by atoms with Gasteiger partial charge in [0.2, 0.25) is 5.91 Å². The maximum atomic E-state index is 12.5. The summed E-state index contributed by atoms with van der Waals surface area (Å²) >= 11 is 0. The normalized spacial score (nSPS) is 29.8. The van der Waals surface area contributed by atoms with E-state index in [-0.39, 0.29) is 11.0 Å². The number of piperazine rings is 1. The summed E-state index contributed by atoms with van der Waals surface area (Å²) in [5.74, 6) is 0.325. The molecule has 2 atom stereocenters. The lowest BCUT2D eigenvalue weighted by molar-refractivity contribution is -0.153. The molecule has 0 spiro atoms. The van der Waals surface area contributed by atoms with Crippen molar-refractivity contribution < 1.29 is 4.79 Å². The van der Waals surface area contributed by atoms with Crippen LogP contribution in [0.1, 0.15) is 54.4 Å². The Morgan fingerprint density at radius 3 is 1.89 bits per heavy atom. The molecule has 0 aromatic heterocycles. The molecule has 3 heterocycles. The van der Waals surface area contributed by atoms with E-state index < -0.39 is 0 Å². The molecular weight excluding hydrogens is 224 g/mol. The van der Waals surface area contributed by atoms with Gasteiger partial charge in [-0.15, -0.1) is 0 Å². The van der Waals surface area contributed by atoms with E-state index in [0.717, 1.165) is 13.1 Å². The Morgan fingerprint density at radius 1 is 0.944 bits per heavy atom. The van der Waals surface area contributed by atoms with Crippen LogP contribution >= 0.6 is 0 Å². The summed E-state index contributed by atoms with van der Waals surface area (Å²) < 4.78 is 0. The van der Waals surface area contributed by atoms with Crippen molar-refractivity contribution in [3.8, 4) is 0 Å². The van der Waals surface area contributed by atoms with Gasteiger partial charge in [0.05, 0.1) is 0 Å². The Bertz CT molecular complexity index is 337. The lowest BCUT2D eigenvalue weighted by Gasteiger charge is -2.56. The first-order chi connectivity index (χ1) is 8.10. The highest BCUT2D eigenvalue weighted by molar-refractivity contribution is 5.82. The van der Waals surface area contributed by atoms with Gasteiger partial charge in [-0.3, -0.25) is 9.69 Å². The van der Waals surface area contributed by atoms with E-state index in [4.69, 9.17) is 0 Å². The molecule has 3 rings (SSSR count). The molecule has 0 aliphatic carbocycles. The molecule has 3 aliphatic heterocycles. The van der Waals surface area contributed by atoms with Gasteiger partial charge in [-0.1, -0.05) is 20.8 Å². The van der Waals surface area contributed by atoms with E-state index in [1.165, 1.54) is 12.8 Å². The lowest BCUT2D eigenvalue weighted by Crippen LogP contribution is -2.68. The van der Waals surface area contributed by atoms with Crippen LogP contribution in [0.4, 0.5) is 0 Å². The van der Waals surface area contributed by atoms with E-state index in [1.54, 1.807) is 0 Å². The second-order valence-electron chi connectivity index (χ2n) is 7.92. The highest BCUT2D eigenvalue weighted by Gasteiger charge is 2.46. The van der Waals surface area contributed by atoms with Gasteiger partial charge in [-0.05, 0) is 33.6 Å². The number of hydrogen-bond acceptors (Lipinski definition) is 2. The zero-order valence-electron chi connectivity index (χ0n) is 12.8. The predicted octanol–water partition coefficient (Wildman–Crippen LogP) is 2.51. The minimum atomic E-state index is -0.246. The highest BCUT2D eigenvalue weighted by Crippen LogP contribution is 2.35. The van der Waals surface area contributed by atoms with Crippen LogP contribution in [0.2, 0.25) is 0 Å². The predicted molar refractivity (Wildman–Crippen MR) is 74.4 cm³/mol. The summed E-state index contributed by atoms with van der Waals surface area (Å²) in [5.41, 5.74) is -0.0236. The molecule has 1 amide bonds. The van der Waals surface area contributed by atoms with Crippen LogP contribution in [0, 0.1) is 5.41 Å². The summed E-state index contributed by atoms with van der Waals surface area (Å²) in [4.78, 5) is 17.2. The largest absolute Gasteiger partial charge is 0.336 e. The van der Waals surface area contributed by atoms with Crippen LogP contribution in [-0.4, -0.2) is 46.4 Å². The molecule has 2 unspecified atom stereocenters. The Labute approximate surface area is 112 Å². The summed E-state index contributed by atoms with van der Waals surface area (Å²) in [5, 5.41) is 0. The van der Waals surface area contributed by atoms with Crippen molar-refractivity contribution in [2.24, 2.45) is 5.41 Å². The fraction of sp³-hybridized carbons (Fsp3) is 0.933. The molecule has 3 nitrogen and oxygen atoms in total. The van der Waals surface area contributed by atoms with Crippen LogP contribution in [0.15, 0.2) is 0 Å². The van der Waals surface area contributed by atoms with Crippen LogP contribution in [0.3, 0.4) is 0 Å². The van der Waals surface area contributed by atoms with Crippen molar-refractivity contribution in [3.63, 3.8) is 0 Å². The van der Waals surface area contributed by atoms with Crippen LogP contribution in [-0.2, 0) is 4.79 Å². The Morgan fingerprint density at radius 2 is 1.50 bits per heavy atom. The fourth-order valence-electron chi connectivity index (χ4n) is 3.33. The Balaban J connectivity index is 2.13. The lowest BCUT2D eigenvalue weighted by atomic mass is 9.84. The molecule has 18 heavy (non-hydrogen) atoms. The molecular formula is C15H28N2O. The third-order valence-corrected chi connectivity index (χ3v) is 4.29. The molecule has 0 saturated carbocycles. The zero-order chi connectivity index (χ0) is 13.7. The quantitative estimate of drug-likeness (QED) is 0.661. The number of amides is 1. The second-order valence-corrected chi connectivity index (χ2v) is 7.92. The van der Waals surface area contributed by atoms with E-state index in [9.17, 15) is 4.79 Å². The molecule has 3 saturated heterocycles. The summed E-state index contributed by atoms with van der Waals surface area (Å²) in [6.45, 7) is 14.9. The van der Waals surface area contributed by atoms with Gasteiger partial charge >= 0.3 is 0 Å². The first-order valence-electron chi connectivity index (χ1n) is 7.18. The van der Waals surface area contributed by atoms with Crippen molar-refractivity contribution in [3.05, 3.63) is 0 Å². The van der Waals surface area contributed by atoms with Gasteiger partial charge in [0.1, 0.15) is 0 Å². The van der Waals surface area contributed by atoms with Crippen LogP contribution in [0.5, 0.6) is 0 Å². The molecule has 0 N–H and O–H groups in total. The number of piperidine rings is 2. The third-order valence-electron chi connectivity index (χ3n) is 4.29.